The molecule has 1 heterocycles. The standard InChI is InChI=1S/C9H8N2O4/c1-2-15-8(13)4-3-6-5-7(12)10-11-9(6)14/h5H,2H2,1H3,(H,10,12)(H,11,14). The molecule has 0 saturated heterocycles. The third-order valence-electron chi connectivity index (χ3n) is 1.39. The summed E-state index contributed by atoms with van der Waals surface area (Å²) in [5.74, 6) is 3.60. The number of nitrogens with one attached hydrogen (secondary N) is 2. The zero-order valence-electron chi connectivity index (χ0n) is 7.92. The molecule has 15 heavy (non-hydrogen) atoms. The highest BCUT2D eigenvalue weighted by molar-refractivity contribution is 5.89. The van der Waals surface area contributed by atoms with Gasteiger partial charge in [-0.25, -0.2) is 4.79 Å². The first-order valence-corrected chi connectivity index (χ1v) is 4.14. The minimum absolute atomic E-state index is 0.0770. The molecule has 0 radical (unpaired) electrons. The van der Waals surface area contributed by atoms with E-state index in [0.717, 1.165) is 6.07 Å². The average molecular weight is 208 g/mol. The lowest BCUT2D eigenvalue weighted by Crippen LogP contribution is -2.20. The second-order valence-corrected chi connectivity index (χ2v) is 2.47. The third-order valence-corrected chi connectivity index (χ3v) is 1.39. The highest BCUT2D eigenvalue weighted by Crippen LogP contribution is 1.80. The number of ether oxygens (including phenoxy) is 1. The lowest BCUT2D eigenvalue weighted by molar-refractivity contribution is -0.136. The zero-order chi connectivity index (χ0) is 11.3. The van der Waals surface area contributed by atoms with Crippen LogP contribution in [0.25, 0.3) is 0 Å². The van der Waals surface area contributed by atoms with E-state index in [4.69, 9.17) is 0 Å². The van der Waals surface area contributed by atoms with Crippen LogP contribution >= 0.6 is 0 Å². The summed E-state index contributed by atoms with van der Waals surface area (Å²) in [6.07, 6.45) is 0. The molecule has 1 aromatic heterocycles. The van der Waals surface area contributed by atoms with Gasteiger partial charge < -0.3 is 4.74 Å². The molecule has 6 heteroatoms. The van der Waals surface area contributed by atoms with Crippen molar-refractivity contribution in [3.63, 3.8) is 0 Å². The Labute approximate surface area is 84.3 Å². The van der Waals surface area contributed by atoms with Gasteiger partial charge in [-0.3, -0.25) is 19.8 Å². The van der Waals surface area contributed by atoms with E-state index in [-0.39, 0.29) is 12.2 Å². The summed E-state index contributed by atoms with van der Waals surface area (Å²) in [6, 6.07) is 1.01. The Morgan fingerprint density at radius 1 is 1.47 bits per heavy atom. The van der Waals surface area contributed by atoms with Crippen LogP contribution in [0.4, 0.5) is 0 Å². The second-order valence-electron chi connectivity index (χ2n) is 2.47. The minimum atomic E-state index is -0.739. The van der Waals surface area contributed by atoms with Gasteiger partial charge in [0.25, 0.3) is 11.1 Å². The smallest absolute Gasteiger partial charge is 0.384 e. The SMILES string of the molecule is CCOC(=O)C#Cc1cc(=O)[nH][nH]c1=O. The maximum Gasteiger partial charge on any atom is 0.384 e. The van der Waals surface area contributed by atoms with Crippen LogP contribution in [-0.4, -0.2) is 22.8 Å². The summed E-state index contributed by atoms with van der Waals surface area (Å²) in [5, 5.41) is 4.15. The van der Waals surface area contributed by atoms with Crippen molar-refractivity contribution in [2.24, 2.45) is 0 Å². The molecule has 0 aliphatic rings. The molecule has 78 valence electrons. The Bertz CT molecular complexity index is 529. The van der Waals surface area contributed by atoms with E-state index in [1.807, 2.05) is 0 Å². The number of H-pyrrole nitrogens is 2. The number of aromatic amines is 2. The van der Waals surface area contributed by atoms with Gasteiger partial charge in [0.1, 0.15) is 0 Å². The molecule has 0 aliphatic heterocycles. The fourth-order valence-corrected chi connectivity index (χ4v) is 0.797. The average Bonchev–Trinajstić information content (AvgIpc) is 2.20. The van der Waals surface area contributed by atoms with Crippen LogP contribution < -0.4 is 11.1 Å². The van der Waals surface area contributed by atoms with E-state index in [1.54, 1.807) is 6.92 Å². The highest BCUT2D eigenvalue weighted by atomic mass is 16.5. The van der Waals surface area contributed by atoms with Crippen LogP contribution in [0.1, 0.15) is 12.5 Å². The number of hydrogen-bond donors (Lipinski definition) is 2. The predicted octanol–water partition coefficient (Wildman–Crippen LogP) is -1.02. The molecule has 0 saturated carbocycles. The van der Waals surface area contributed by atoms with Crippen LogP contribution in [0.3, 0.4) is 0 Å². The van der Waals surface area contributed by atoms with Crippen molar-refractivity contribution >= 4 is 5.97 Å². The van der Waals surface area contributed by atoms with Gasteiger partial charge in [0.05, 0.1) is 12.2 Å². The quantitative estimate of drug-likeness (QED) is 0.456. The normalized spacial score (nSPS) is 8.87. The van der Waals surface area contributed by atoms with Gasteiger partial charge in [-0.1, -0.05) is 0 Å². The number of aromatic nitrogens is 2. The summed E-state index contributed by atoms with van der Waals surface area (Å²) < 4.78 is 4.52. The summed E-state index contributed by atoms with van der Waals surface area (Å²) in [7, 11) is 0. The van der Waals surface area contributed by atoms with Crippen molar-refractivity contribution in [3.05, 3.63) is 32.3 Å². The first-order chi connectivity index (χ1) is 7.13. The molecular weight excluding hydrogens is 200 g/mol. The van der Waals surface area contributed by atoms with Gasteiger partial charge in [0.2, 0.25) is 0 Å². The first-order valence-electron chi connectivity index (χ1n) is 4.14. The van der Waals surface area contributed by atoms with Crippen molar-refractivity contribution < 1.29 is 9.53 Å². The monoisotopic (exact) mass is 208 g/mol. The fourth-order valence-electron chi connectivity index (χ4n) is 0.797. The Morgan fingerprint density at radius 3 is 2.87 bits per heavy atom. The van der Waals surface area contributed by atoms with Gasteiger partial charge in [0, 0.05) is 12.0 Å². The number of carbonyl (C=O) groups is 1. The lowest BCUT2D eigenvalue weighted by atomic mass is 10.3. The molecule has 0 aromatic carbocycles. The minimum Gasteiger partial charge on any atom is -0.456 e. The fraction of sp³-hybridized carbons (Fsp3) is 0.222. The molecule has 0 spiro atoms. The Morgan fingerprint density at radius 2 is 2.20 bits per heavy atom. The first kappa shape index (κ1) is 10.8. The zero-order valence-corrected chi connectivity index (χ0v) is 7.92. The number of hydrogen-bond acceptors (Lipinski definition) is 4. The highest BCUT2D eigenvalue weighted by Gasteiger charge is 1.97. The van der Waals surface area contributed by atoms with E-state index in [1.165, 1.54) is 0 Å². The largest absolute Gasteiger partial charge is 0.456 e. The van der Waals surface area contributed by atoms with E-state index in [0.29, 0.717) is 0 Å². The van der Waals surface area contributed by atoms with Crippen molar-refractivity contribution in [1.29, 1.82) is 0 Å². The van der Waals surface area contributed by atoms with Crippen LogP contribution in [0.2, 0.25) is 0 Å². The maximum atomic E-state index is 11.1. The summed E-state index contributed by atoms with van der Waals surface area (Å²) in [5.41, 5.74) is -1.14. The third kappa shape index (κ3) is 3.15. The van der Waals surface area contributed by atoms with Gasteiger partial charge in [-0.2, -0.15) is 0 Å². The van der Waals surface area contributed by atoms with Crippen LogP contribution in [0.5, 0.6) is 0 Å². The summed E-state index contributed by atoms with van der Waals surface area (Å²) in [4.78, 5) is 32.7. The van der Waals surface area contributed by atoms with E-state index >= 15 is 0 Å². The molecular formula is C9H8N2O4. The van der Waals surface area contributed by atoms with Crippen molar-refractivity contribution in [3.8, 4) is 11.8 Å². The molecule has 6 nitrogen and oxygen atoms in total. The Balaban J connectivity index is 2.98. The summed E-state index contributed by atoms with van der Waals surface area (Å²) in [6.45, 7) is 1.85. The topological polar surface area (TPSA) is 92.0 Å². The van der Waals surface area contributed by atoms with Gasteiger partial charge >= 0.3 is 5.97 Å². The van der Waals surface area contributed by atoms with Gasteiger partial charge in [-0.15, -0.1) is 0 Å². The number of esters is 1. The predicted molar refractivity (Wildman–Crippen MR) is 51.2 cm³/mol. The Hall–Kier alpha value is -2.29. The molecule has 0 atom stereocenters. The molecule has 1 aromatic rings. The lowest BCUT2D eigenvalue weighted by Gasteiger charge is -1.90. The van der Waals surface area contributed by atoms with Gasteiger partial charge in [-0.05, 0) is 12.8 Å². The molecule has 0 bridgehead atoms. The second kappa shape index (κ2) is 4.81. The maximum absolute atomic E-state index is 11.1. The van der Waals surface area contributed by atoms with E-state index < -0.39 is 17.1 Å². The molecule has 0 aliphatic carbocycles. The van der Waals surface area contributed by atoms with Crippen molar-refractivity contribution in [1.82, 2.24) is 10.2 Å². The molecule has 0 unspecified atom stereocenters. The molecule has 2 N–H and O–H groups in total. The van der Waals surface area contributed by atoms with Crippen LogP contribution in [0, 0.1) is 11.8 Å². The molecule has 0 fully saturated rings. The summed E-state index contributed by atoms with van der Waals surface area (Å²) >= 11 is 0. The van der Waals surface area contributed by atoms with Crippen molar-refractivity contribution in [2.45, 2.75) is 6.92 Å². The van der Waals surface area contributed by atoms with Crippen LogP contribution in [-0.2, 0) is 9.53 Å². The number of carbonyl (C=O) groups excluding carboxylic acids is 1. The van der Waals surface area contributed by atoms with E-state index in [2.05, 4.69) is 26.8 Å². The van der Waals surface area contributed by atoms with Crippen LogP contribution in [0.15, 0.2) is 15.7 Å². The Kier molecular flexibility index (Phi) is 3.46. The van der Waals surface area contributed by atoms with E-state index in [9.17, 15) is 14.4 Å². The molecule has 0 amide bonds. The number of rotatable bonds is 1. The molecule has 1 rings (SSSR count). The van der Waals surface area contributed by atoms with Crippen molar-refractivity contribution in [2.75, 3.05) is 6.61 Å². The van der Waals surface area contributed by atoms with Gasteiger partial charge in [0.15, 0.2) is 0 Å².